The summed E-state index contributed by atoms with van der Waals surface area (Å²) in [6, 6.07) is 4.38. The molecule has 0 spiro atoms. The van der Waals surface area contributed by atoms with Gasteiger partial charge in [0, 0.05) is 24.9 Å². The SMILES string of the molecule is COC(=O)c1ccc(NS(C)=O)cc1OC(C)=O. The Kier molecular flexibility index (Phi) is 4.85. The molecule has 1 aromatic rings. The zero-order valence-electron chi connectivity index (χ0n) is 10.2. The van der Waals surface area contributed by atoms with Crippen molar-refractivity contribution >= 4 is 28.6 Å². The second kappa shape index (κ2) is 6.15. The third-order valence-corrected chi connectivity index (χ3v) is 2.43. The zero-order valence-corrected chi connectivity index (χ0v) is 11.0. The van der Waals surface area contributed by atoms with E-state index in [2.05, 4.69) is 9.46 Å². The van der Waals surface area contributed by atoms with E-state index < -0.39 is 22.9 Å². The summed E-state index contributed by atoms with van der Waals surface area (Å²) in [6.45, 7) is 1.22. The van der Waals surface area contributed by atoms with Crippen molar-refractivity contribution < 1.29 is 23.3 Å². The van der Waals surface area contributed by atoms with Crippen LogP contribution in [0.1, 0.15) is 17.3 Å². The van der Waals surface area contributed by atoms with Crippen LogP contribution >= 0.6 is 0 Å². The summed E-state index contributed by atoms with van der Waals surface area (Å²) in [4.78, 5) is 22.4. The van der Waals surface area contributed by atoms with Gasteiger partial charge in [0.25, 0.3) is 0 Å². The highest BCUT2D eigenvalue weighted by molar-refractivity contribution is 7.85. The van der Waals surface area contributed by atoms with Crippen LogP contribution in [0.3, 0.4) is 0 Å². The van der Waals surface area contributed by atoms with Crippen molar-refractivity contribution in [1.29, 1.82) is 0 Å². The van der Waals surface area contributed by atoms with Crippen LogP contribution in [0.25, 0.3) is 0 Å². The Bertz CT molecular complexity index is 500. The predicted octanol–water partition coefficient (Wildman–Crippen LogP) is 1.10. The Morgan fingerprint density at radius 3 is 2.50 bits per heavy atom. The maximum Gasteiger partial charge on any atom is 0.341 e. The van der Waals surface area contributed by atoms with Gasteiger partial charge < -0.3 is 14.2 Å². The topological polar surface area (TPSA) is 81.7 Å². The summed E-state index contributed by atoms with van der Waals surface area (Å²) < 4.78 is 23.1. The number of hydrogen-bond acceptors (Lipinski definition) is 5. The van der Waals surface area contributed by atoms with Gasteiger partial charge in [0.2, 0.25) is 0 Å². The number of ether oxygens (including phenoxy) is 2. The molecule has 0 aromatic heterocycles. The summed E-state index contributed by atoms with van der Waals surface area (Å²) in [7, 11) is -0.0340. The Morgan fingerprint density at radius 2 is 2.00 bits per heavy atom. The van der Waals surface area contributed by atoms with E-state index in [1.165, 1.54) is 32.4 Å². The lowest BCUT2D eigenvalue weighted by molar-refractivity contribution is -0.131. The molecule has 0 fully saturated rings. The summed E-state index contributed by atoms with van der Waals surface area (Å²) >= 11 is 0. The molecule has 0 amide bonds. The van der Waals surface area contributed by atoms with E-state index in [4.69, 9.17) is 4.74 Å². The van der Waals surface area contributed by atoms with E-state index in [0.29, 0.717) is 5.69 Å². The molecule has 1 unspecified atom stereocenters. The highest BCUT2D eigenvalue weighted by Crippen LogP contribution is 2.24. The Morgan fingerprint density at radius 1 is 1.33 bits per heavy atom. The summed E-state index contributed by atoms with van der Waals surface area (Å²) in [5, 5.41) is 0. The second-order valence-corrected chi connectivity index (χ2v) is 4.46. The van der Waals surface area contributed by atoms with E-state index in [9.17, 15) is 13.8 Å². The number of methoxy groups -OCH3 is 1. The third-order valence-electron chi connectivity index (χ3n) is 1.90. The van der Waals surface area contributed by atoms with Gasteiger partial charge in [-0.1, -0.05) is 0 Å². The minimum Gasteiger partial charge on any atom is -0.465 e. The first-order valence-electron chi connectivity index (χ1n) is 4.95. The largest absolute Gasteiger partial charge is 0.465 e. The van der Waals surface area contributed by atoms with Gasteiger partial charge in [-0.15, -0.1) is 0 Å². The van der Waals surface area contributed by atoms with E-state index in [0.717, 1.165) is 0 Å². The molecule has 1 rings (SSSR count). The minimum atomic E-state index is -1.26. The molecule has 0 aliphatic rings. The fourth-order valence-corrected chi connectivity index (χ4v) is 1.73. The molecule has 98 valence electrons. The van der Waals surface area contributed by atoms with Crippen molar-refractivity contribution in [1.82, 2.24) is 0 Å². The number of benzene rings is 1. The fourth-order valence-electron chi connectivity index (χ4n) is 1.27. The first-order chi connectivity index (χ1) is 8.43. The van der Waals surface area contributed by atoms with Crippen molar-refractivity contribution in [2.24, 2.45) is 0 Å². The molecule has 0 aliphatic heterocycles. The Labute approximate surface area is 107 Å². The van der Waals surface area contributed by atoms with Crippen molar-refractivity contribution in [3.63, 3.8) is 0 Å². The molecular formula is C11H13NO5S. The molecule has 0 aliphatic carbocycles. The van der Waals surface area contributed by atoms with Gasteiger partial charge in [-0.05, 0) is 12.1 Å². The molecule has 6 nitrogen and oxygen atoms in total. The number of rotatable bonds is 4. The highest BCUT2D eigenvalue weighted by Gasteiger charge is 2.15. The molecule has 0 bridgehead atoms. The third kappa shape index (κ3) is 3.85. The van der Waals surface area contributed by atoms with Crippen molar-refractivity contribution in [2.45, 2.75) is 6.92 Å². The van der Waals surface area contributed by atoms with Gasteiger partial charge >= 0.3 is 11.9 Å². The van der Waals surface area contributed by atoms with Crippen molar-refractivity contribution in [3.8, 4) is 5.75 Å². The Hall–Kier alpha value is -1.89. The highest BCUT2D eigenvalue weighted by atomic mass is 32.2. The normalized spacial score (nSPS) is 11.5. The molecule has 7 heteroatoms. The van der Waals surface area contributed by atoms with Gasteiger partial charge in [0.1, 0.15) is 22.3 Å². The zero-order chi connectivity index (χ0) is 13.7. The standard InChI is InChI=1S/C11H13NO5S/c1-7(13)17-10-6-8(12-18(3)15)4-5-9(10)11(14)16-2/h4-6,12H,1-3H3. The number of anilines is 1. The Balaban J connectivity index is 3.15. The average Bonchev–Trinajstić information content (AvgIpc) is 2.26. The minimum absolute atomic E-state index is 0.0600. The fraction of sp³-hybridized carbons (Fsp3) is 0.273. The lowest BCUT2D eigenvalue weighted by atomic mass is 10.2. The quantitative estimate of drug-likeness (QED) is 0.655. The number of nitrogens with one attached hydrogen (secondary N) is 1. The van der Waals surface area contributed by atoms with Gasteiger partial charge in [0.15, 0.2) is 0 Å². The first kappa shape index (κ1) is 14.2. The molecule has 1 N–H and O–H groups in total. The first-order valence-corrected chi connectivity index (χ1v) is 6.50. The maximum atomic E-state index is 11.5. The smallest absolute Gasteiger partial charge is 0.341 e. The molecule has 0 saturated carbocycles. The second-order valence-electron chi connectivity index (χ2n) is 3.35. The maximum absolute atomic E-state index is 11.5. The van der Waals surface area contributed by atoms with E-state index >= 15 is 0 Å². The molecular weight excluding hydrogens is 258 g/mol. The molecule has 1 aromatic carbocycles. The van der Waals surface area contributed by atoms with E-state index in [1.54, 1.807) is 6.07 Å². The van der Waals surface area contributed by atoms with Crippen molar-refractivity contribution in [3.05, 3.63) is 23.8 Å². The van der Waals surface area contributed by atoms with Gasteiger partial charge in [-0.25, -0.2) is 9.00 Å². The molecule has 18 heavy (non-hydrogen) atoms. The lowest BCUT2D eigenvalue weighted by Crippen LogP contribution is -2.10. The van der Waals surface area contributed by atoms with Crippen LogP contribution in [-0.4, -0.2) is 29.5 Å². The van der Waals surface area contributed by atoms with Crippen LogP contribution in [-0.2, 0) is 20.5 Å². The summed E-state index contributed by atoms with van der Waals surface area (Å²) in [6.07, 6.45) is 1.46. The number of carbonyl (C=O) groups is 2. The van der Waals surface area contributed by atoms with Crippen LogP contribution in [0, 0.1) is 0 Å². The van der Waals surface area contributed by atoms with E-state index in [1.807, 2.05) is 0 Å². The van der Waals surface area contributed by atoms with Gasteiger partial charge in [-0.3, -0.25) is 4.79 Å². The lowest BCUT2D eigenvalue weighted by Gasteiger charge is -2.10. The summed E-state index contributed by atoms with van der Waals surface area (Å²) in [5.41, 5.74) is 0.597. The number of esters is 2. The monoisotopic (exact) mass is 271 g/mol. The van der Waals surface area contributed by atoms with E-state index in [-0.39, 0.29) is 11.3 Å². The van der Waals surface area contributed by atoms with Crippen LogP contribution in [0.4, 0.5) is 5.69 Å². The van der Waals surface area contributed by atoms with Crippen LogP contribution in [0.15, 0.2) is 18.2 Å². The molecule has 0 heterocycles. The molecule has 1 atom stereocenters. The molecule has 0 radical (unpaired) electrons. The van der Waals surface area contributed by atoms with Crippen molar-refractivity contribution in [2.75, 3.05) is 18.1 Å². The van der Waals surface area contributed by atoms with Crippen LogP contribution in [0.2, 0.25) is 0 Å². The van der Waals surface area contributed by atoms with Gasteiger partial charge in [0.05, 0.1) is 7.11 Å². The average molecular weight is 271 g/mol. The molecule has 0 saturated heterocycles. The van der Waals surface area contributed by atoms with Crippen LogP contribution in [0.5, 0.6) is 5.75 Å². The summed E-state index contributed by atoms with van der Waals surface area (Å²) in [5.74, 6) is -1.12. The van der Waals surface area contributed by atoms with Gasteiger partial charge in [-0.2, -0.15) is 0 Å². The predicted molar refractivity (Wildman–Crippen MR) is 66.8 cm³/mol. The van der Waals surface area contributed by atoms with Crippen LogP contribution < -0.4 is 9.46 Å². The number of carbonyl (C=O) groups excluding carboxylic acids is 2. The number of hydrogen-bond donors (Lipinski definition) is 1.